The van der Waals surface area contributed by atoms with Gasteiger partial charge < -0.3 is 10.2 Å². The van der Waals surface area contributed by atoms with Crippen LogP contribution in [0, 0.1) is 11.6 Å². The zero-order valence-electron chi connectivity index (χ0n) is 8.49. The quantitative estimate of drug-likeness (QED) is 0.815. The summed E-state index contributed by atoms with van der Waals surface area (Å²) in [6, 6.07) is 2.81. The van der Waals surface area contributed by atoms with Crippen LogP contribution in [0.15, 0.2) is 18.2 Å². The minimum atomic E-state index is -1.17. The molecule has 16 heavy (non-hydrogen) atoms. The van der Waals surface area contributed by atoms with E-state index in [1.54, 1.807) is 0 Å². The molecule has 1 unspecified atom stereocenters. The van der Waals surface area contributed by atoms with Gasteiger partial charge in [-0.2, -0.15) is 0 Å². The summed E-state index contributed by atoms with van der Waals surface area (Å²) in [7, 11) is 0. The first-order valence-corrected chi connectivity index (χ1v) is 4.85. The number of aliphatic hydroxyl groups is 1. The van der Waals surface area contributed by atoms with Gasteiger partial charge in [-0.05, 0) is 31.0 Å². The normalized spacial score (nSPS) is 12.4. The fourth-order valence-corrected chi connectivity index (χ4v) is 1.37. The molecule has 0 aliphatic heterocycles. The summed E-state index contributed by atoms with van der Waals surface area (Å²) >= 11 is 0. The highest BCUT2D eigenvalue weighted by Crippen LogP contribution is 2.22. The monoisotopic (exact) mass is 230 g/mol. The van der Waals surface area contributed by atoms with Gasteiger partial charge in [-0.15, -0.1) is 0 Å². The largest absolute Gasteiger partial charge is 0.481 e. The predicted molar refractivity (Wildman–Crippen MR) is 52.8 cm³/mol. The summed E-state index contributed by atoms with van der Waals surface area (Å²) in [4.78, 5) is 10.2. The topological polar surface area (TPSA) is 57.5 Å². The molecule has 0 bridgehead atoms. The molecule has 5 heteroatoms. The Kier molecular flexibility index (Phi) is 4.37. The molecule has 1 rings (SSSR count). The molecular formula is C11H12F2O3. The number of rotatable bonds is 5. The standard InChI is InChI=1S/C11H12F2O3/c12-7-4-5-9(13)8(6-7)10(14)2-1-3-11(15)16/h4-6,10,14H,1-3H2,(H,15,16). The van der Waals surface area contributed by atoms with Crippen molar-refractivity contribution in [2.24, 2.45) is 0 Å². The van der Waals surface area contributed by atoms with Gasteiger partial charge >= 0.3 is 5.97 Å². The van der Waals surface area contributed by atoms with Gasteiger partial charge in [-0.1, -0.05) is 0 Å². The van der Waals surface area contributed by atoms with E-state index < -0.39 is 23.7 Å². The second kappa shape index (κ2) is 5.55. The maximum atomic E-state index is 13.2. The second-order valence-electron chi connectivity index (χ2n) is 3.47. The van der Waals surface area contributed by atoms with Gasteiger partial charge in [0.15, 0.2) is 0 Å². The highest BCUT2D eigenvalue weighted by atomic mass is 19.1. The molecule has 1 atom stereocenters. The lowest BCUT2D eigenvalue weighted by atomic mass is 10.0. The first-order chi connectivity index (χ1) is 7.50. The van der Waals surface area contributed by atoms with Crippen molar-refractivity contribution in [3.05, 3.63) is 35.4 Å². The van der Waals surface area contributed by atoms with Crippen LogP contribution in [0.25, 0.3) is 0 Å². The van der Waals surface area contributed by atoms with Crippen LogP contribution in [0.1, 0.15) is 30.9 Å². The third kappa shape index (κ3) is 3.58. The van der Waals surface area contributed by atoms with Gasteiger partial charge in [0.2, 0.25) is 0 Å². The summed E-state index contributed by atoms with van der Waals surface area (Å²) in [5.74, 6) is -2.30. The minimum absolute atomic E-state index is 0.0900. The Hall–Kier alpha value is -1.49. The Bertz CT molecular complexity index is 379. The average molecular weight is 230 g/mol. The second-order valence-corrected chi connectivity index (χ2v) is 3.47. The Labute approximate surface area is 91.3 Å². The maximum absolute atomic E-state index is 13.2. The molecule has 88 valence electrons. The molecule has 0 aromatic heterocycles. The third-order valence-electron chi connectivity index (χ3n) is 2.19. The van der Waals surface area contributed by atoms with Crippen LogP contribution in [0.5, 0.6) is 0 Å². The number of halogens is 2. The first-order valence-electron chi connectivity index (χ1n) is 4.85. The number of aliphatic carboxylic acids is 1. The molecule has 0 heterocycles. The Morgan fingerprint density at radius 3 is 2.69 bits per heavy atom. The maximum Gasteiger partial charge on any atom is 0.303 e. The van der Waals surface area contributed by atoms with Gasteiger partial charge in [-0.25, -0.2) is 8.78 Å². The molecule has 0 spiro atoms. The van der Waals surface area contributed by atoms with E-state index in [-0.39, 0.29) is 24.8 Å². The summed E-state index contributed by atoms with van der Waals surface area (Å²) in [5, 5.41) is 17.9. The highest BCUT2D eigenvalue weighted by molar-refractivity contribution is 5.66. The van der Waals surface area contributed by atoms with Crippen LogP contribution in [0.4, 0.5) is 8.78 Å². The van der Waals surface area contributed by atoms with E-state index in [0.29, 0.717) is 0 Å². The van der Waals surface area contributed by atoms with Gasteiger partial charge in [0.25, 0.3) is 0 Å². The lowest BCUT2D eigenvalue weighted by molar-refractivity contribution is -0.137. The number of carboxylic acid groups (broad SMARTS) is 1. The fraction of sp³-hybridized carbons (Fsp3) is 0.364. The van der Waals surface area contributed by atoms with Gasteiger partial charge in [0.05, 0.1) is 6.10 Å². The molecule has 2 N–H and O–H groups in total. The van der Waals surface area contributed by atoms with E-state index in [1.165, 1.54) is 0 Å². The lowest BCUT2D eigenvalue weighted by Gasteiger charge is -2.11. The number of hydrogen-bond acceptors (Lipinski definition) is 2. The Morgan fingerprint density at radius 2 is 2.06 bits per heavy atom. The summed E-state index contributed by atoms with van der Waals surface area (Å²) < 4.78 is 25.9. The number of carbonyl (C=O) groups is 1. The smallest absolute Gasteiger partial charge is 0.303 e. The van der Waals surface area contributed by atoms with Crippen molar-refractivity contribution in [1.29, 1.82) is 0 Å². The number of benzene rings is 1. The fourth-order valence-electron chi connectivity index (χ4n) is 1.37. The molecule has 0 aliphatic rings. The van der Waals surface area contributed by atoms with Crippen LogP contribution in [0.3, 0.4) is 0 Å². The van der Waals surface area contributed by atoms with Crippen molar-refractivity contribution in [3.63, 3.8) is 0 Å². The van der Waals surface area contributed by atoms with Crippen LogP contribution >= 0.6 is 0 Å². The van der Waals surface area contributed by atoms with Crippen molar-refractivity contribution < 1.29 is 23.8 Å². The van der Waals surface area contributed by atoms with Crippen molar-refractivity contribution in [1.82, 2.24) is 0 Å². The molecule has 1 aromatic carbocycles. The van der Waals surface area contributed by atoms with Crippen molar-refractivity contribution in [3.8, 4) is 0 Å². The molecular weight excluding hydrogens is 218 g/mol. The van der Waals surface area contributed by atoms with E-state index in [0.717, 1.165) is 18.2 Å². The number of carboxylic acids is 1. The first kappa shape index (κ1) is 12.6. The van der Waals surface area contributed by atoms with E-state index in [2.05, 4.69) is 0 Å². The van der Waals surface area contributed by atoms with Crippen LogP contribution in [-0.2, 0) is 4.79 Å². The van der Waals surface area contributed by atoms with Gasteiger partial charge in [0, 0.05) is 12.0 Å². The zero-order chi connectivity index (χ0) is 12.1. The molecule has 0 fully saturated rings. The molecule has 0 amide bonds. The third-order valence-corrected chi connectivity index (χ3v) is 2.19. The Balaban J connectivity index is 2.61. The molecule has 0 saturated heterocycles. The van der Waals surface area contributed by atoms with Crippen LogP contribution < -0.4 is 0 Å². The van der Waals surface area contributed by atoms with Crippen molar-refractivity contribution >= 4 is 5.97 Å². The number of hydrogen-bond donors (Lipinski definition) is 2. The van der Waals surface area contributed by atoms with Crippen LogP contribution in [-0.4, -0.2) is 16.2 Å². The van der Waals surface area contributed by atoms with Crippen LogP contribution in [0.2, 0.25) is 0 Å². The predicted octanol–water partition coefficient (Wildman–Crippen LogP) is 2.25. The summed E-state index contributed by atoms with van der Waals surface area (Å²) in [6.45, 7) is 0. The average Bonchev–Trinajstić information content (AvgIpc) is 2.21. The molecule has 3 nitrogen and oxygen atoms in total. The number of aliphatic hydroxyl groups excluding tert-OH is 1. The van der Waals surface area contributed by atoms with E-state index in [4.69, 9.17) is 5.11 Å². The van der Waals surface area contributed by atoms with Crippen molar-refractivity contribution in [2.45, 2.75) is 25.4 Å². The van der Waals surface area contributed by atoms with Gasteiger partial charge in [0.1, 0.15) is 11.6 Å². The Morgan fingerprint density at radius 1 is 1.38 bits per heavy atom. The highest BCUT2D eigenvalue weighted by Gasteiger charge is 2.14. The summed E-state index contributed by atoms with van der Waals surface area (Å²) in [6.07, 6.45) is -0.970. The zero-order valence-corrected chi connectivity index (χ0v) is 8.49. The van der Waals surface area contributed by atoms with E-state index in [9.17, 15) is 18.7 Å². The SMILES string of the molecule is O=C(O)CCCC(O)c1cc(F)ccc1F. The molecule has 0 saturated carbocycles. The van der Waals surface area contributed by atoms with Crippen molar-refractivity contribution in [2.75, 3.05) is 0 Å². The molecule has 0 aliphatic carbocycles. The summed E-state index contributed by atoms with van der Waals surface area (Å²) in [5.41, 5.74) is -0.134. The molecule has 1 aromatic rings. The minimum Gasteiger partial charge on any atom is -0.481 e. The van der Waals surface area contributed by atoms with E-state index >= 15 is 0 Å². The van der Waals surface area contributed by atoms with E-state index in [1.807, 2.05) is 0 Å². The lowest BCUT2D eigenvalue weighted by Crippen LogP contribution is -2.03. The van der Waals surface area contributed by atoms with Gasteiger partial charge in [-0.3, -0.25) is 4.79 Å². The molecule has 0 radical (unpaired) electrons.